The minimum absolute atomic E-state index is 0.0480. The maximum Gasteiger partial charge on any atom is 0.299 e. The molecule has 1 aromatic carbocycles. The Morgan fingerprint density at radius 1 is 0.882 bits per heavy atom. The number of nitrogens with zero attached hydrogens (tertiary/aromatic N) is 4. The Kier molecular flexibility index (Phi) is 12.0. The van der Waals surface area contributed by atoms with Crippen molar-refractivity contribution >= 4 is 53.7 Å². The number of amides is 1. The fourth-order valence-electron chi connectivity index (χ4n) is 4.70. The zero-order valence-electron chi connectivity index (χ0n) is 32.9. The molecule has 2 heterocycles. The van der Waals surface area contributed by atoms with Crippen LogP contribution in [0.2, 0.25) is 54.4 Å². The number of rotatable bonds is 12. The molecule has 1 aromatic heterocycles. The second-order valence-corrected chi connectivity index (χ2v) is 32.2. The first-order valence-electron chi connectivity index (χ1n) is 17.1. The van der Waals surface area contributed by atoms with E-state index < -0.39 is 76.6 Å². The zero-order chi connectivity index (χ0) is 39.3. The van der Waals surface area contributed by atoms with E-state index >= 15 is 0 Å². The van der Waals surface area contributed by atoms with Gasteiger partial charge in [0.25, 0.3) is 17.3 Å². The molecule has 51 heavy (non-hydrogen) atoms. The summed E-state index contributed by atoms with van der Waals surface area (Å²) >= 11 is 0. The summed E-state index contributed by atoms with van der Waals surface area (Å²) in [6.07, 6.45) is -1.21. The third kappa shape index (κ3) is 9.14. The average molecular weight is 767 g/mol. The van der Waals surface area contributed by atoms with Gasteiger partial charge in [0.2, 0.25) is 0 Å². The van der Waals surface area contributed by atoms with Crippen LogP contribution in [-0.2, 0) is 18.0 Å². The molecular formula is C33H58N6O9Si3. The fourth-order valence-corrected chi connectivity index (χ4v) is 8.31. The van der Waals surface area contributed by atoms with Crippen LogP contribution in [-0.4, -0.2) is 75.2 Å². The summed E-state index contributed by atoms with van der Waals surface area (Å²) in [6.45, 7) is 32.8. The molecule has 0 saturated carbocycles. The van der Waals surface area contributed by atoms with Crippen molar-refractivity contribution in [3.63, 3.8) is 0 Å². The van der Waals surface area contributed by atoms with Crippen molar-refractivity contribution in [3.05, 3.63) is 50.4 Å². The molecule has 1 fully saturated rings. The Morgan fingerprint density at radius 3 is 1.86 bits per heavy atom. The van der Waals surface area contributed by atoms with E-state index in [9.17, 15) is 25.0 Å². The SMILES string of the molecule is CC(C)(C)[Si](C)(C)OC[C@H]1O[C@@H](n2cnc(C(=O)Nc3ccc([N+](=O)[O-])cc3[N+](=O)[O-])c2N)[C@H](O[Si](C)(C)C(C)(C)C)[C@@H]1O[Si](C)(C)C(C)(C)C. The van der Waals surface area contributed by atoms with Gasteiger partial charge in [-0.2, -0.15) is 0 Å². The number of ether oxygens (including phenoxy) is 1. The van der Waals surface area contributed by atoms with Crippen LogP contribution in [0.25, 0.3) is 0 Å². The molecule has 0 aliphatic carbocycles. The van der Waals surface area contributed by atoms with E-state index in [4.69, 9.17) is 23.7 Å². The Labute approximate surface area is 304 Å². The third-order valence-electron chi connectivity index (χ3n) is 11.1. The monoisotopic (exact) mass is 766 g/mol. The molecule has 3 N–H and O–H groups in total. The van der Waals surface area contributed by atoms with E-state index in [0.29, 0.717) is 0 Å². The van der Waals surface area contributed by atoms with Gasteiger partial charge in [-0.05, 0) is 60.5 Å². The maximum absolute atomic E-state index is 13.5. The first-order valence-corrected chi connectivity index (χ1v) is 25.9. The minimum Gasteiger partial charge on any atom is -0.414 e. The van der Waals surface area contributed by atoms with Crippen LogP contribution in [0.15, 0.2) is 24.5 Å². The highest BCUT2D eigenvalue weighted by Crippen LogP contribution is 2.47. The molecule has 0 spiro atoms. The summed E-state index contributed by atoms with van der Waals surface area (Å²) < 4.78 is 29.4. The van der Waals surface area contributed by atoms with E-state index in [0.717, 1.165) is 18.2 Å². The van der Waals surface area contributed by atoms with Crippen molar-refractivity contribution in [2.24, 2.45) is 0 Å². The maximum atomic E-state index is 13.5. The average Bonchev–Trinajstić information content (AvgIpc) is 3.49. The Morgan fingerprint density at radius 2 is 1.39 bits per heavy atom. The molecule has 0 bridgehead atoms. The van der Waals surface area contributed by atoms with Gasteiger partial charge in [-0.3, -0.25) is 29.6 Å². The van der Waals surface area contributed by atoms with E-state index in [1.807, 2.05) is 0 Å². The normalized spacial score (nSPS) is 20.8. The van der Waals surface area contributed by atoms with Gasteiger partial charge < -0.3 is 29.1 Å². The number of carbonyl (C=O) groups is 1. The summed E-state index contributed by atoms with van der Waals surface area (Å²) in [5.41, 5.74) is 5.05. The molecule has 2 aromatic rings. The molecule has 1 aliphatic rings. The number of aromatic nitrogens is 2. The highest BCUT2D eigenvalue weighted by atomic mass is 28.4. The van der Waals surface area contributed by atoms with Crippen LogP contribution >= 0.6 is 0 Å². The van der Waals surface area contributed by atoms with Crippen LogP contribution in [0.3, 0.4) is 0 Å². The van der Waals surface area contributed by atoms with Gasteiger partial charge in [-0.25, -0.2) is 4.98 Å². The highest BCUT2D eigenvalue weighted by molar-refractivity contribution is 6.75. The van der Waals surface area contributed by atoms with Crippen LogP contribution in [0, 0.1) is 20.2 Å². The number of imidazole rings is 1. The smallest absolute Gasteiger partial charge is 0.299 e. The number of anilines is 2. The molecule has 1 saturated heterocycles. The number of nitro benzene ring substituents is 2. The lowest BCUT2D eigenvalue weighted by atomic mass is 10.1. The molecule has 0 radical (unpaired) electrons. The Balaban J connectivity index is 2.13. The lowest BCUT2D eigenvalue weighted by Gasteiger charge is -2.44. The van der Waals surface area contributed by atoms with Gasteiger partial charge in [-0.15, -0.1) is 0 Å². The lowest BCUT2D eigenvalue weighted by molar-refractivity contribution is -0.393. The van der Waals surface area contributed by atoms with Crippen molar-refractivity contribution in [2.45, 2.75) is 141 Å². The number of nitrogen functional groups attached to an aromatic ring is 1. The topological polar surface area (TPSA) is 196 Å². The van der Waals surface area contributed by atoms with Crippen molar-refractivity contribution in [1.82, 2.24) is 9.55 Å². The predicted octanol–water partition coefficient (Wildman–Crippen LogP) is 8.23. The highest BCUT2D eigenvalue weighted by Gasteiger charge is 2.55. The summed E-state index contributed by atoms with van der Waals surface area (Å²) in [7, 11) is -7.12. The molecule has 18 heteroatoms. The zero-order valence-corrected chi connectivity index (χ0v) is 35.9. The van der Waals surface area contributed by atoms with Crippen LogP contribution in [0.5, 0.6) is 0 Å². The van der Waals surface area contributed by atoms with Crippen molar-refractivity contribution in [2.75, 3.05) is 17.7 Å². The van der Waals surface area contributed by atoms with Crippen molar-refractivity contribution < 1.29 is 32.7 Å². The molecule has 0 unspecified atom stereocenters. The number of non-ortho nitro benzene ring substituents is 1. The number of carbonyl (C=O) groups excluding carboxylic acids is 1. The van der Waals surface area contributed by atoms with Crippen molar-refractivity contribution in [1.29, 1.82) is 0 Å². The number of hydrogen-bond acceptors (Lipinski definition) is 11. The lowest BCUT2D eigenvalue weighted by Crippen LogP contribution is -2.54. The minimum atomic E-state index is -2.48. The summed E-state index contributed by atoms with van der Waals surface area (Å²) in [4.78, 5) is 39.2. The number of benzene rings is 1. The molecule has 4 atom stereocenters. The molecule has 3 rings (SSSR count). The Bertz CT molecular complexity index is 1630. The van der Waals surface area contributed by atoms with Gasteiger partial charge in [0.15, 0.2) is 36.9 Å². The predicted molar refractivity (Wildman–Crippen MR) is 206 cm³/mol. The standard InChI is InChI=1S/C33H58N6O9Si3/c1-31(2,3)49(10,11)45-19-24-26(47-50(12,13)32(4,5)6)27(48-51(14,15)33(7,8)9)30(46-24)37-20-35-25(28(37)34)29(40)36-22-17-16-21(38(41)42)18-23(22)39(43)44/h16-18,20,24,26-27,30H,19,34H2,1-15H3,(H,36,40)/t24-,26-,27-,30-/m1/s1. The van der Waals surface area contributed by atoms with Gasteiger partial charge in [0, 0.05) is 6.07 Å². The summed E-state index contributed by atoms with van der Waals surface area (Å²) in [6, 6.07) is 2.94. The van der Waals surface area contributed by atoms with Gasteiger partial charge >= 0.3 is 0 Å². The van der Waals surface area contributed by atoms with Gasteiger partial charge in [0.1, 0.15) is 29.8 Å². The van der Waals surface area contributed by atoms with E-state index in [-0.39, 0.29) is 38.9 Å². The molecule has 15 nitrogen and oxygen atoms in total. The van der Waals surface area contributed by atoms with Crippen LogP contribution in [0.1, 0.15) is 79.0 Å². The van der Waals surface area contributed by atoms with E-state index in [1.54, 1.807) is 4.57 Å². The van der Waals surface area contributed by atoms with E-state index in [2.05, 4.69) is 112 Å². The van der Waals surface area contributed by atoms with E-state index in [1.165, 1.54) is 6.33 Å². The molecule has 1 aliphatic heterocycles. The van der Waals surface area contributed by atoms with Crippen LogP contribution in [0.4, 0.5) is 22.9 Å². The quantitative estimate of drug-likeness (QED) is 0.120. The molecule has 1 amide bonds. The van der Waals surface area contributed by atoms with Gasteiger partial charge in [0.05, 0.1) is 28.8 Å². The van der Waals surface area contributed by atoms with Gasteiger partial charge in [-0.1, -0.05) is 62.3 Å². The second kappa shape index (κ2) is 14.4. The number of hydrogen-bond donors (Lipinski definition) is 2. The summed E-state index contributed by atoms with van der Waals surface area (Å²) in [5, 5.41) is 25.0. The number of nitrogens with two attached hydrogens (primary N) is 1. The van der Waals surface area contributed by atoms with Crippen LogP contribution < -0.4 is 11.1 Å². The first kappa shape index (κ1) is 42.4. The molecular weight excluding hydrogens is 709 g/mol. The Hall–Kier alpha value is -3.01. The third-order valence-corrected chi connectivity index (χ3v) is 24.6. The van der Waals surface area contributed by atoms with Crippen molar-refractivity contribution in [3.8, 4) is 0 Å². The number of nitro groups is 2. The fraction of sp³-hybridized carbons (Fsp3) is 0.697. The summed E-state index contributed by atoms with van der Waals surface area (Å²) in [5.74, 6) is -0.891. The largest absolute Gasteiger partial charge is 0.414 e. The molecule has 286 valence electrons. The second-order valence-electron chi connectivity index (χ2n) is 17.9. The first-order chi connectivity index (χ1) is 22.9. The number of nitrogens with one attached hydrogen (secondary N) is 1.